The minimum Gasteiger partial charge on any atom is -0.322 e. The molecule has 1 N–H and O–H groups in total. The molecule has 0 aliphatic carbocycles. The Hall–Kier alpha value is -3.82. The van der Waals surface area contributed by atoms with Gasteiger partial charge in [0.2, 0.25) is 5.91 Å². The van der Waals surface area contributed by atoms with Gasteiger partial charge in [0.1, 0.15) is 0 Å². The van der Waals surface area contributed by atoms with Gasteiger partial charge in [0.25, 0.3) is 17.3 Å². The van der Waals surface area contributed by atoms with Crippen LogP contribution in [0.15, 0.2) is 42.5 Å². The van der Waals surface area contributed by atoms with Crippen molar-refractivity contribution in [3.8, 4) is 0 Å². The molecule has 2 rings (SSSR count). The molecular weight excluding hydrogens is 344 g/mol. The van der Waals surface area contributed by atoms with Gasteiger partial charge in [-0.3, -0.25) is 29.8 Å². The summed E-state index contributed by atoms with van der Waals surface area (Å²) in [5.74, 6) is -0.893. The number of nitro benzene ring substituents is 2. The minimum atomic E-state index is -0.809. The first kappa shape index (κ1) is 18.5. The third-order valence-corrected chi connectivity index (χ3v) is 3.57. The van der Waals surface area contributed by atoms with Gasteiger partial charge in [-0.15, -0.1) is 0 Å². The summed E-state index contributed by atoms with van der Waals surface area (Å²) in [6.07, 6.45) is 0. The average Bonchev–Trinajstić information content (AvgIpc) is 2.61. The number of carbonyl (C=O) groups is 2. The van der Waals surface area contributed by atoms with Crippen LogP contribution in [0.2, 0.25) is 0 Å². The molecular formula is C16H14N4O6. The van der Waals surface area contributed by atoms with Crippen molar-refractivity contribution in [2.75, 3.05) is 17.3 Å². The highest BCUT2D eigenvalue weighted by Gasteiger charge is 2.20. The van der Waals surface area contributed by atoms with Crippen LogP contribution in [-0.2, 0) is 4.79 Å². The van der Waals surface area contributed by atoms with Crippen LogP contribution in [0.3, 0.4) is 0 Å². The summed E-state index contributed by atoms with van der Waals surface area (Å²) in [6, 6.07) is 8.99. The Balaban J connectivity index is 2.25. The summed E-state index contributed by atoms with van der Waals surface area (Å²) < 4.78 is 0. The molecule has 2 aromatic carbocycles. The van der Waals surface area contributed by atoms with Crippen molar-refractivity contribution < 1.29 is 19.4 Å². The lowest BCUT2D eigenvalue weighted by Crippen LogP contribution is -2.22. The first-order valence-corrected chi connectivity index (χ1v) is 7.28. The molecule has 26 heavy (non-hydrogen) atoms. The molecule has 0 fully saturated rings. The van der Waals surface area contributed by atoms with Crippen molar-refractivity contribution in [2.24, 2.45) is 0 Å². The molecule has 0 heterocycles. The first-order valence-electron chi connectivity index (χ1n) is 7.28. The zero-order chi connectivity index (χ0) is 19.4. The van der Waals surface area contributed by atoms with Crippen LogP contribution in [0, 0.1) is 20.2 Å². The van der Waals surface area contributed by atoms with E-state index in [2.05, 4.69) is 5.32 Å². The number of nitro groups is 2. The monoisotopic (exact) mass is 358 g/mol. The Morgan fingerprint density at radius 2 is 1.46 bits per heavy atom. The van der Waals surface area contributed by atoms with Gasteiger partial charge >= 0.3 is 0 Å². The highest BCUT2D eigenvalue weighted by Crippen LogP contribution is 2.24. The van der Waals surface area contributed by atoms with Crippen molar-refractivity contribution >= 4 is 34.6 Å². The van der Waals surface area contributed by atoms with E-state index in [4.69, 9.17) is 0 Å². The van der Waals surface area contributed by atoms with Crippen molar-refractivity contribution in [1.29, 1.82) is 0 Å². The molecule has 0 spiro atoms. The lowest BCUT2D eigenvalue weighted by atomic mass is 10.1. The number of amides is 2. The van der Waals surface area contributed by atoms with Crippen LogP contribution in [0.5, 0.6) is 0 Å². The Bertz CT molecular complexity index is 862. The molecule has 0 atom stereocenters. The lowest BCUT2D eigenvalue weighted by Gasteiger charge is -2.15. The standard InChI is InChI=1S/C16H14N4O6/c1-10(21)18(2)13-5-3-12(4-6-13)17-16(22)11-7-14(19(23)24)9-15(8-11)20(25)26/h3-9H,1-2H3,(H,17,22). The van der Waals surface area contributed by atoms with Crippen LogP contribution in [-0.4, -0.2) is 28.7 Å². The van der Waals surface area contributed by atoms with Gasteiger partial charge in [-0.2, -0.15) is 0 Å². The summed E-state index contributed by atoms with van der Waals surface area (Å²) in [7, 11) is 1.60. The molecule has 134 valence electrons. The maximum Gasteiger partial charge on any atom is 0.277 e. The molecule has 0 unspecified atom stereocenters. The van der Waals surface area contributed by atoms with Crippen molar-refractivity contribution in [3.63, 3.8) is 0 Å². The quantitative estimate of drug-likeness (QED) is 0.644. The Labute approximate surface area is 147 Å². The number of hydrogen-bond donors (Lipinski definition) is 1. The third kappa shape index (κ3) is 4.17. The van der Waals surface area contributed by atoms with Crippen molar-refractivity contribution in [3.05, 3.63) is 68.3 Å². The second-order valence-electron chi connectivity index (χ2n) is 5.33. The van der Waals surface area contributed by atoms with Gasteiger partial charge in [0, 0.05) is 37.5 Å². The van der Waals surface area contributed by atoms with E-state index in [0.717, 1.165) is 18.2 Å². The summed E-state index contributed by atoms with van der Waals surface area (Å²) in [5, 5.41) is 24.3. The molecule has 0 aromatic heterocycles. The van der Waals surface area contributed by atoms with E-state index in [0.29, 0.717) is 11.4 Å². The predicted octanol–water partition coefficient (Wildman–Crippen LogP) is 2.74. The Kier molecular flexibility index (Phi) is 5.26. The SMILES string of the molecule is CC(=O)N(C)c1ccc(NC(=O)c2cc([N+](=O)[O-])cc([N+](=O)[O-])c2)cc1. The molecule has 0 radical (unpaired) electrons. The lowest BCUT2D eigenvalue weighted by molar-refractivity contribution is -0.394. The topological polar surface area (TPSA) is 136 Å². The maximum absolute atomic E-state index is 12.3. The van der Waals surface area contributed by atoms with E-state index >= 15 is 0 Å². The maximum atomic E-state index is 12.3. The summed E-state index contributed by atoms with van der Waals surface area (Å²) in [6.45, 7) is 1.41. The normalized spacial score (nSPS) is 10.1. The number of anilines is 2. The number of carbonyl (C=O) groups excluding carboxylic acids is 2. The van der Waals surface area contributed by atoms with Gasteiger partial charge in [0.15, 0.2) is 0 Å². The Morgan fingerprint density at radius 3 is 1.88 bits per heavy atom. The van der Waals surface area contributed by atoms with Gasteiger partial charge in [-0.25, -0.2) is 0 Å². The number of nitrogens with zero attached hydrogens (tertiary/aromatic N) is 3. The van der Waals surface area contributed by atoms with Crippen molar-refractivity contribution in [2.45, 2.75) is 6.92 Å². The Morgan fingerprint density at radius 1 is 0.962 bits per heavy atom. The fourth-order valence-electron chi connectivity index (χ4n) is 2.09. The van der Waals surface area contributed by atoms with E-state index in [-0.39, 0.29) is 11.5 Å². The van der Waals surface area contributed by atoms with Crippen LogP contribution >= 0.6 is 0 Å². The number of benzene rings is 2. The molecule has 0 saturated heterocycles. The first-order chi connectivity index (χ1) is 12.2. The summed E-state index contributed by atoms with van der Waals surface area (Å²) in [4.78, 5) is 45.1. The van der Waals surface area contributed by atoms with Crippen molar-refractivity contribution in [1.82, 2.24) is 0 Å². The van der Waals surface area contributed by atoms with E-state index in [9.17, 15) is 29.8 Å². The molecule has 0 bridgehead atoms. The highest BCUT2D eigenvalue weighted by molar-refractivity contribution is 6.05. The molecule has 2 amide bonds. The predicted molar refractivity (Wildman–Crippen MR) is 93.2 cm³/mol. The highest BCUT2D eigenvalue weighted by atomic mass is 16.6. The van der Waals surface area contributed by atoms with Crippen LogP contribution in [0.1, 0.15) is 17.3 Å². The number of hydrogen-bond acceptors (Lipinski definition) is 6. The molecule has 10 heteroatoms. The molecule has 0 aliphatic rings. The van der Waals surface area contributed by atoms with E-state index in [1.807, 2.05) is 0 Å². The average molecular weight is 358 g/mol. The van der Waals surface area contributed by atoms with Crippen LogP contribution < -0.4 is 10.2 Å². The summed E-state index contributed by atoms with van der Waals surface area (Å²) >= 11 is 0. The summed E-state index contributed by atoms with van der Waals surface area (Å²) in [5.41, 5.74) is -0.340. The second-order valence-corrected chi connectivity index (χ2v) is 5.33. The van der Waals surface area contributed by atoms with Crippen LogP contribution in [0.25, 0.3) is 0 Å². The zero-order valence-corrected chi connectivity index (χ0v) is 13.8. The fourth-order valence-corrected chi connectivity index (χ4v) is 2.09. The largest absolute Gasteiger partial charge is 0.322 e. The van der Waals surface area contributed by atoms with Gasteiger partial charge < -0.3 is 10.2 Å². The second kappa shape index (κ2) is 7.38. The van der Waals surface area contributed by atoms with Gasteiger partial charge in [-0.1, -0.05) is 0 Å². The zero-order valence-electron chi connectivity index (χ0n) is 13.8. The molecule has 2 aromatic rings. The fraction of sp³-hybridized carbons (Fsp3) is 0.125. The van der Waals surface area contributed by atoms with E-state index in [1.54, 1.807) is 31.3 Å². The van der Waals surface area contributed by atoms with Gasteiger partial charge in [0.05, 0.1) is 21.5 Å². The minimum absolute atomic E-state index is 0.161. The van der Waals surface area contributed by atoms with E-state index < -0.39 is 27.1 Å². The van der Waals surface area contributed by atoms with E-state index in [1.165, 1.54) is 11.8 Å². The smallest absolute Gasteiger partial charge is 0.277 e. The van der Waals surface area contributed by atoms with Gasteiger partial charge in [-0.05, 0) is 24.3 Å². The molecule has 10 nitrogen and oxygen atoms in total. The third-order valence-electron chi connectivity index (χ3n) is 3.57. The molecule has 0 aliphatic heterocycles. The number of rotatable bonds is 5. The van der Waals surface area contributed by atoms with Crippen LogP contribution in [0.4, 0.5) is 22.7 Å². The number of nitrogens with one attached hydrogen (secondary N) is 1. The number of non-ortho nitro benzene ring substituents is 2. The molecule has 0 saturated carbocycles.